The molecule has 0 fully saturated rings. The predicted octanol–water partition coefficient (Wildman–Crippen LogP) is 1.14. The van der Waals surface area contributed by atoms with Gasteiger partial charge in [0.25, 0.3) is 5.56 Å². The Morgan fingerprint density at radius 3 is 3.11 bits per heavy atom. The summed E-state index contributed by atoms with van der Waals surface area (Å²) in [5, 5.41) is 10.8. The minimum absolute atomic E-state index is 0.0922. The molecule has 0 saturated heterocycles. The van der Waals surface area contributed by atoms with E-state index in [4.69, 9.17) is 20.9 Å². The lowest BCUT2D eigenvalue weighted by molar-refractivity contribution is 0.182. The third-order valence-corrected chi connectivity index (χ3v) is 2.81. The van der Waals surface area contributed by atoms with Gasteiger partial charge in [-0.25, -0.2) is 4.68 Å². The van der Waals surface area contributed by atoms with Gasteiger partial charge in [-0.05, 0) is 0 Å². The monoisotopic (exact) mass is 284 g/mol. The van der Waals surface area contributed by atoms with Crippen molar-refractivity contribution in [3.8, 4) is 0 Å². The molecule has 0 aliphatic rings. The number of hydrogen-bond donors (Lipinski definition) is 1. The number of methoxy groups -OCH3 is 1. The zero-order valence-corrected chi connectivity index (χ0v) is 11.1. The molecule has 0 atom stereocenters. The highest BCUT2D eigenvalue weighted by atomic mass is 35.5. The second-order valence-electron chi connectivity index (χ2n) is 3.74. The number of aromatic nitrogens is 3. The van der Waals surface area contributed by atoms with Crippen LogP contribution in [0.5, 0.6) is 0 Å². The maximum Gasteiger partial charge on any atom is 0.287 e. The lowest BCUT2D eigenvalue weighted by Crippen LogP contribution is -2.26. The molecule has 0 spiro atoms. The molecule has 0 aliphatic carbocycles. The van der Waals surface area contributed by atoms with Gasteiger partial charge in [0.2, 0.25) is 0 Å². The van der Waals surface area contributed by atoms with Crippen molar-refractivity contribution in [3.63, 3.8) is 0 Å². The zero-order valence-electron chi connectivity index (χ0n) is 10.3. The number of rotatable bonds is 6. The number of halogens is 1. The van der Waals surface area contributed by atoms with E-state index in [9.17, 15) is 4.79 Å². The van der Waals surface area contributed by atoms with E-state index in [1.54, 1.807) is 13.2 Å². The van der Waals surface area contributed by atoms with Crippen molar-refractivity contribution in [3.05, 3.63) is 39.6 Å². The van der Waals surface area contributed by atoms with E-state index in [1.807, 2.05) is 0 Å². The molecule has 1 N–H and O–H groups in total. The molecule has 0 aromatic carbocycles. The van der Waals surface area contributed by atoms with Gasteiger partial charge in [-0.3, -0.25) is 4.79 Å². The van der Waals surface area contributed by atoms with Crippen LogP contribution < -0.4 is 10.9 Å². The van der Waals surface area contributed by atoms with Crippen molar-refractivity contribution in [1.29, 1.82) is 0 Å². The lowest BCUT2D eigenvalue weighted by atomic mass is 10.4. The van der Waals surface area contributed by atoms with Crippen LogP contribution in [0.3, 0.4) is 0 Å². The fraction of sp³-hybridized carbons (Fsp3) is 0.364. The van der Waals surface area contributed by atoms with Gasteiger partial charge in [-0.1, -0.05) is 16.8 Å². The minimum atomic E-state index is -0.358. The van der Waals surface area contributed by atoms with E-state index in [-0.39, 0.29) is 10.6 Å². The molecule has 2 aromatic rings. The van der Waals surface area contributed by atoms with Crippen LogP contribution in [0.2, 0.25) is 5.02 Å². The van der Waals surface area contributed by atoms with Gasteiger partial charge in [-0.15, -0.1) is 0 Å². The lowest BCUT2D eigenvalue weighted by Gasteiger charge is -2.08. The molecule has 8 heteroatoms. The van der Waals surface area contributed by atoms with Crippen LogP contribution in [-0.2, 0) is 17.8 Å². The SMILES string of the molecule is COCCn1ncc(NCc2ccon2)c(Cl)c1=O. The summed E-state index contributed by atoms with van der Waals surface area (Å²) in [6.07, 6.45) is 2.97. The van der Waals surface area contributed by atoms with Crippen molar-refractivity contribution in [2.24, 2.45) is 0 Å². The Morgan fingerprint density at radius 1 is 1.58 bits per heavy atom. The Balaban J connectivity index is 2.09. The Bertz CT molecular complexity index is 582. The first-order valence-corrected chi connectivity index (χ1v) is 5.98. The molecule has 0 unspecified atom stereocenters. The smallest absolute Gasteiger partial charge is 0.287 e. The zero-order chi connectivity index (χ0) is 13.7. The molecule has 2 aromatic heterocycles. The van der Waals surface area contributed by atoms with Crippen LogP contribution >= 0.6 is 11.6 Å². The molecule has 0 amide bonds. The van der Waals surface area contributed by atoms with Crippen molar-refractivity contribution in [2.45, 2.75) is 13.1 Å². The Kier molecular flexibility index (Phi) is 4.53. The van der Waals surface area contributed by atoms with Crippen molar-refractivity contribution >= 4 is 17.3 Å². The maximum absolute atomic E-state index is 11.9. The molecular formula is C11H13ClN4O3. The molecule has 19 heavy (non-hydrogen) atoms. The summed E-state index contributed by atoms with van der Waals surface area (Å²) in [5.74, 6) is 0. The second kappa shape index (κ2) is 6.35. The summed E-state index contributed by atoms with van der Waals surface area (Å²) in [5.41, 5.74) is 0.812. The fourth-order valence-electron chi connectivity index (χ4n) is 1.44. The average molecular weight is 285 g/mol. The third-order valence-electron chi connectivity index (χ3n) is 2.44. The van der Waals surface area contributed by atoms with E-state index < -0.39 is 0 Å². The molecule has 0 aliphatic heterocycles. The summed E-state index contributed by atoms with van der Waals surface area (Å²) in [6, 6.07) is 1.72. The van der Waals surface area contributed by atoms with Gasteiger partial charge in [-0.2, -0.15) is 5.10 Å². The number of ether oxygens (including phenoxy) is 1. The second-order valence-corrected chi connectivity index (χ2v) is 4.12. The van der Waals surface area contributed by atoms with Crippen LogP contribution in [0.15, 0.2) is 27.8 Å². The van der Waals surface area contributed by atoms with Gasteiger partial charge < -0.3 is 14.6 Å². The molecule has 2 rings (SSSR count). The van der Waals surface area contributed by atoms with Crippen molar-refractivity contribution < 1.29 is 9.26 Å². The van der Waals surface area contributed by atoms with Crippen LogP contribution in [0.25, 0.3) is 0 Å². The molecule has 0 radical (unpaired) electrons. The van der Waals surface area contributed by atoms with Gasteiger partial charge in [0.1, 0.15) is 17.0 Å². The Hall–Kier alpha value is -1.86. The van der Waals surface area contributed by atoms with Crippen LogP contribution in [0.4, 0.5) is 5.69 Å². The molecular weight excluding hydrogens is 272 g/mol. The number of nitrogens with one attached hydrogen (secondary N) is 1. The van der Waals surface area contributed by atoms with Gasteiger partial charge >= 0.3 is 0 Å². The van der Waals surface area contributed by atoms with Gasteiger partial charge in [0.05, 0.1) is 31.6 Å². The highest BCUT2D eigenvalue weighted by Crippen LogP contribution is 2.15. The predicted molar refractivity (Wildman–Crippen MR) is 69.2 cm³/mol. The summed E-state index contributed by atoms with van der Waals surface area (Å²) in [4.78, 5) is 11.9. The average Bonchev–Trinajstić information content (AvgIpc) is 2.92. The number of nitrogens with zero attached hydrogens (tertiary/aromatic N) is 3. The first kappa shape index (κ1) is 13.6. The Morgan fingerprint density at radius 2 is 2.42 bits per heavy atom. The molecule has 0 bridgehead atoms. The van der Waals surface area contributed by atoms with Crippen LogP contribution in [0, 0.1) is 0 Å². The standard InChI is InChI=1S/C11H13ClN4O3/c1-18-5-3-16-11(17)10(12)9(7-14-16)13-6-8-2-4-19-15-8/h2,4,7,13H,3,5-6H2,1H3. The van der Waals surface area contributed by atoms with E-state index in [2.05, 4.69) is 15.6 Å². The van der Waals surface area contributed by atoms with Crippen LogP contribution in [-0.4, -0.2) is 28.7 Å². The van der Waals surface area contributed by atoms with Gasteiger partial charge in [0.15, 0.2) is 0 Å². The van der Waals surface area contributed by atoms with Crippen molar-refractivity contribution in [1.82, 2.24) is 14.9 Å². The fourth-order valence-corrected chi connectivity index (χ4v) is 1.65. The summed E-state index contributed by atoms with van der Waals surface area (Å²) < 4.78 is 10.8. The third kappa shape index (κ3) is 3.33. The maximum atomic E-state index is 11.9. The molecule has 0 saturated carbocycles. The van der Waals surface area contributed by atoms with E-state index in [0.29, 0.717) is 31.1 Å². The Labute approximate surface area is 114 Å². The minimum Gasteiger partial charge on any atom is -0.383 e. The first-order valence-electron chi connectivity index (χ1n) is 5.60. The van der Waals surface area contributed by atoms with Crippen molar-refractivity contribution in [2.75, 3.05) is 19.0 Å². The molecule has 102 valence electrons. The molecule has 2 heterocycles. The summed E-state index contributed by atoms with van der Waals surface area (Å²) >= 11 is 6.00. The summed E-state index contributed by atoms with van der Waals surface area (Å²) in [6.45, 7) is 1.16. The van der Waals surface area contributed by atoms with E-state index in [0.717, 1.165) is 0 Å². The largest absolute Gasteiger partial charge is 0.383 e. The number of anilines is 1. The highest BCUT2D eigenvalue weighted by Gasteiger charge is 2.09. The van der Waals surface area contributed by atoms with Gasteiger partial charge in [0, 0.05) is 13.2 Å². The topological polar surface area (TPSA) is 82.2 Å². The highest BCUT2D eigenvalue weighted by molar-refractivity contribution is 6.32. The molecule has 7 nitrogen and oxygen atoms in total. The first-order chi connectivity index (χ1) is 9.22. The van der Waals surface area contributed by atoms with E-state index in [1.165, 1.54) is 17.1 Å². The quantitative estimate of drug-likeness (QED) is 0.857. The van der Waals surface area contributed by atoms with Crippen LogP contribution in [0.1, 0.15) is 5.69 Å². The summed E-state index contributed by atoms with van der Waals surface area (Å²) in [7, 11) is 1.56. The van der Waals surface area contributed by atoms with E-state index >= 15 is 0 Å². The normalized spacial score (nSPS) is 10.6. The number of hydrogen-bond acceptors (Lipinski definition) is 6.